The number of rotatable bonds is 3. The Morgan fingerprint density at radius 1 is 0.842 bits per heavy atom. The molecule has 1 nitrogen and oxygen atoms in total. The molecular weight excluding hydrogens is 250 g/mol. The highest BCUT2D eigenvalue weighted by molar-refractivity contribution is 7.98. The van der Waals surface area contributed by atoms with E-state index in [4.69, 9.17) is 5.73 Å². The van der Waals surface area contributed by atoms with Crippen molar-refractivity contribution in [1.29, 1.82) is 0 Å². The molecule has 3 aromatic rings. The molecule has 0 fully saturated rings. The Morgan fingerprint density at radius 3 is 2.53 bits per heavy atom. The lowest BCUT2D eigenvalue weighted by molar-refractivity contribution is 1.41. The molecule has 0 bridgehead atoms. The van der Waals surface area contributed by atoms with Crippen LogP contribution in [0.25, 0.3) is 10.8 Å². The van der Waals surface area contributed by atoms with Crippen LogP contribution in [0.4, 0.5) is 5.69 Å². The van der Waals surface area contributed by atoms with Crippen molar-refractivity contribution in [3.63, 3.8) is 0 Å². The normalized spacial score (nSPS) is 10.7. The van der Waals surface area contributed by atoms with Crippen molar-refractivity contribution in [2.75, 3.05) is 5.73 Å². The van der Waals surface area contributed by atoms with Crippen LogP contribution in [0.15, 0.2) is 71.6 Å². The van der Waals surface area contributed by atoms with Crippen LogP contribution in [0.5, 0.6) is 0 Å². The minimum atomic E-state index is 0.822. The van der Waals surface area contributed by atoms with Gasteiger partial charge in [0.25, 0.3) is 0 Å². The van der Waals surface area contributed by atoms with Gasteiger partial charge >= 0.3 is 0 Å². The van der Waals surface area contributed by atoms with E-state index < -0.39 is 0 Å². The average Bonchev–Trinajstić information content (AvgIpc) is 2.45. The maximum Gasteiger partial charge on any atom is 0.0325 e. The van der Waals surface area contributed by atoms with Gasteiger partial charge in [-0.15, -0.1) is 11.8 Å². The van der Waals surface area contributed by atoms with Crippen LogP contribution in [-0.4, -0.2) is 0 Å². The summed E-state index contributed by atoms with van der Waals surface area (Å²) in [5, 5.41) is 2.63. The first-order valence-electron chi connectivity index (χ1n) is 6.28. The fraction of sp³-hybridized carbons (Fsp3) is 0.0588. The van der Waals surface area contributed by atoms with E-state index in [-0.39, 0.29) is 0 Å². The van der Waals surface area contributed by atoms with E-state index in [0.717, 1.165) is 11.4 Å². The highest BCUT2D eigenvalue weighted by atomic mass is 32.2. The van der Waals surface area contributed by atoms with E-state index in [1.54, 1.807) is 0 Å². The van der Waals surface area contributed by atoms with Crippen LogP contribution in [0.1, 0.15) is 5.56 Å². The summed E-state index contributed by atoms with van der Waals surface area (Å²) < 4.78 is 0. The molecule has 0 saturated heterocycles. The first-order valence-corrected chi connectivity index (χ1v) is 7.26. The molecule has 0 amide bonds. The molecule has 3 aromatic carbocycles. The van der Waals surface area contributed by atoms with E-state index in [0.29, 0.717) is 0 Å². The largest absolute Gasteiger partial charge is 0.399 e. The summed E-state index contributed by atoms with van der Waals surface area (Å²) in [5.74, 6) is 0.963. The van der Waals surface area contributed by atoms with Gasteiger partial charge in [-0.05, 0) is 34.5 Å². The van der Waals surface area contributed by atoms with Crippen molar-refractivity contribution in [3.05, 3.63) is 72.3 Å². The smallest absolute Gasteiger partial charge is 0.0325 e. The summed E-state index contributed by atoms with van der Waals surface area (Å²) in [5.41, 5.74) is 7.99. The van der Waals surface area contributed by atoms with Gasteiger partial charge in [0, 0.05) is 16.3 Å². The monoisotopic (exact) mass is 265 g/mol. The quantitative estimate of drug-likeness (QED) is 0.548. The van der Waals surface area contributed by atoms with Gasteiger partial charge in [-0.1, -0.05) is 48.5 Å². The highest BCUT2D eigenvalue weighted by Gasteiger charge is 2.01. The summed E-state index contributed by atoms with van der Waals surface area (Å²) in [7, 11) is 0. The lowest BCUT2D eigenvalue weighted by Gasteiger charge is -2.07. The summed E-state index contributed by atoms with van der Waals surface area (Å²) in [6.45, 7) is 0. The van der Waals surface area contributed by atoms with Crippen LogP contribution in [0.3, 0.4) is 0 Å². The van der Waals surface area contributed by atoms with Crippen molar-refractivity contribution in [2.45, 2.75) is 10.6 Å². The Labute approximate surface area is 117 Å². The molecule has 0 atom stereocenters. The number of nitrogens with two attached hydrogens (primary N) is 1. The van der Waals surface area contributed by atoms with Crippen molar-refractivity contribution in [2.24, 2.45) is 0 Å². The van der Waals surface area contributed by atoms with Gasteiger partial charge in [0.2, 0.25) is 0 Å². The minimum Gasteiger partial charge on any atom is -0.399 e. The fourth-order valence-corrected chi connectivity index (χ4v) is 3.15. The Hall–Kier alpha value is -1.93. The van der Waals surface area contributed by atoms with Crippen molar-refractivity contribution in [1.82, 2.24) is 0 Å². The maximum absolute atomic E-state index is 5.80. The second kappa shape index (κ2) is 5.37. The second-order valence-corrected chi connectivity index (χ2v) is 5.55. The van der Waals surface area contributed by atoms with Gasteiger partial charge < -0.3 is 5.73 Å². The number of anilines is 1. The first kappa shape index (κ1) is 12.1. The minimum absolute atomic E-state index is 0.822. The molecule has 0 radical (unpaired) electrons. The lowest BCUT2D eigenvalue weighted by atomic mass is 10.1. The standard InChI is InChI=1S/C17H15NS/c18-15-8-4-9-16(11-15)19-12-14-7-3-6-13-5-1-2-10-17(13)14/h1-11H,12,18H2. The lowest BCUT2D eigenvalue weighted by Crippen LogP contribution is -1.86. The zero-order chi connectivity index (χ0) is 13.1. The summed E-state index contributed by atoms with van der Waals surface area (Å²) in [6.07, 6.45) is 0. The third kappa shape index (κ3) is 2.74. The molecule has 94 valence electrons. The van der Waals surface area contributed by atoms with E-state index >= 15 is 0 Å². The van der Waals surface area contributed by atoms with E-state index in [1.165, 1.54) is 21.2 Å². The molecule has 3 rings (SSSR count). The molecule has 0 spiro atoms. The van der Waals surface area contributed by atoms with Gasteiger partial charge in [-0.25, -0.2) is 0 Å². The van der Waals surface area contributed by atoms with Crippen LogP contribution >= 0.6 is 11.8 Å². The van der Waals surface area contributed by atoms with Crippen LogP contribution in [0, 0.1) is 0 Å². The molecule has 19 heavy (non-hydrogen) atoms. The maximum atomic E-state index is 5.80. The third-order valence-electron chi connectivity index (χ3n) is 3.13. The van der Waals surface area contributed by atoms with Crippen molar-refractivity contribution >= 4 is 28.2 Å². The Kier molecular flexibility index (Phi) is 3.43. The molecular formula is C17H15NS. The molecule has 0 aliphatic carbocycles. The predicted octanol–water partition coefficient (Wildman–Crippen LogP) is 4.71. The van der Waals surface area contributed by atoms with Gasteiger partial charge in [0.15, 0.2) is 0 Å². The van der Waals surface area contributed by atoms with Gasteiger partial charge in [-0.3, -0.25) is 0 Å². The number of hydrogen-bond donors (Lipinski definition) is 1. The molecule has 0 aliphatic heterocycles. The number of nitrogen functional groups attached to an aromatic ring is 1. The first-order chi connectivity index (χ1) is 9.33. The van der Waals surface area contributed by atoms with Crippen LogP contribution in [0.2, 0.25) is 0 Å². The zero-order valence-corrected chi connectivity index (χ0v) is 11.4. The topological polar surface area (TPSA) is 26.0 Å². The van der Waals surface area contributed by atoms with Crippen LogP contribution in [-0.2, 0) is 5.75 Å². The molecule has 2 heteroatoms. The van der Waals surface area contributed by atoms with Crippen molar-refractivity contribution < 1.29 is 0 Å². The van der Waals surface area contributed by atoms with E-state index in [9.17, 15) is 0 Å². The summed E-state index contributed by atoms with van der Waals surface area (Å²) in [6, 6.07) is 23.0. The number of benzene rings is 3. The Bertz CT molecular complexity index is 701. The fourth-order valence-electron chi connectivity index (χ4n) is 2.18. The molecule has 0 aliphatic rings. The van der Waals surface area contributed by atoms with E-state index in [1.807, 2.05) is 30.0 Å². The molecule has 0 unspecified atom stereocenters. The number of fused-ring (bicyclic) bond motifs is 1. The summed E-state index contributed by atoms with van der Waals surface area (Å²) in [4.78, 5) is 1.22. The number of thioether (sulfide) groups is 1. The van der Waals surface area contributed by atoms with Gasteiger partial charge in [0.05, 0.1) is 0 Å². The third-order valence-corrected chi connectivity index (χ3v) is 4.17. The van der Waals surface area contributed by atoms with Crippen molar-refractivity contribution in [3.8, 4) is 0 Å². The Balaban J connectivity index is 1.86. The molecule has 0 saturated carbocycles. The van der Waals surface area contributed by atoms with E-state index in [2.05, 4.69) is 48.5 Å². The van der Waals surface area contributed by atoms with Crippen LogP contribution < -0.4 is 5.73 Å². The average molecular weight is 265 g/mol. The predicted molar refractivity (Wildman–Crippen MR) is 84.4 cm³/mol. The zero-order valence-electron chi connectivity index (χ0n) is 10.5. The molecule has 0 aromatic heterocycles. The highest BCUT2D eigenvalue weighted by Crippen LogP contribution is 2.28. The van der Waals surface area contributed by atoms with Gasteiger partial charge in [-0.2, -0.15) is 0 Å². The second-order valence-electron chi connectivity index (χ2n) is 4.50. The van der Waals surface area contributed by atoms with Gasteiger partial charge in [0.1, 0.15) is 0 Å². The molecule has 0 heterocycles. The number of hydrogen-bond acceptors (Lipinski definition) is 2. The molecule has 2 N–H and O–H groups in total. The SMILES string of the molecule is Nc1cccc(SCc2cccc3ccccc23)c1. The Morgan fingerprint density at radius 2 is 1.63 bits per heavy atom. The summed E-state index contributed by atoms with van der Waals surface area (Å²) >= 11 is 1.82.